The molecule has 0 aromatic carbocycles. The van der Waals surface area contributed by atoms with E-state index in [0.29, 0.717) is 41.6 Å². The number of carbonyl (C=O) groups excluding carboxylic acids is 1. The maximum absolute atomic E-state index is 13.1. The lowest BCUT2D eigenvalue weighted by Gasteiger charge is -2.48. The number of carbonyl (C=O) groups is 1. The Kier molecular flexibility index (Phi) is 4.57. The van der Waals surface area contributed by atoms with Crippen molar-refractivity contribution in [2.24, 2.45) is 5.41 Å². The van der Waals surface area contributed by atoms with E-state index in [0.717, 1.165) is 19.5 Å². The van der Waals surface area contributed by atoms with Crippen molar-refractivity contribution in [3.63, 3.8) is 0 Å². The first kappa shape index (κ1) is 20.6. The van der Waals surface area contributed by atoms with E-state index < -0.39 is 12.0 Å². The molecule has 2 aliphatic rings. The van der Waals surface area contributed by atoms with Gasteiger partial charge in [-0.15, -0.1) is 0 Å². The van der Waals surface area contributed by atoms with Crippen LogP contribution in [0.1, 0.15) is 24.9 Å². The van der Waals surface area contributed by atoms with Crippen LogP contribution in [0.3, 0.4) is 0 Å². The zero-order chi connectivity index (χ0) is 22.7. The largest absolute Gasteiger partial charge is 0.451 e. The van der Waals surface area contributed by atoms with Gasteiger partial charge in [-0.3, -0.25) is 4.79 Å². The molecule has 0 unspecified atom stereocenters. The van der Waals surface area contributed by atoms with E-state index in [1.54, 1.807) is 30.1 Å². The molecule has 1 spiro atoms. The highest BCUT2D eigenvalue weighted by Crippen LogP contribution is 2.43. The van der Waals surface area contributed by atoms with E-state index in [2.05, 4.69) is 29.9 Å². The van der Waals surface area contributed by atoms with E-state index in [1.807, 2.05) is 4.90 Å². The number of ketones is 1. The number of hydrogen-bond donors (Lipinski definition) is 0. The van der Waals surface area contributed by atoms with Crippen molar-refractivity contribution < 1.29 is 18.0 Å². The van der Waals surface area contributed by atoms with Gasteiger partial charge in [-0.1, -0.05) is 0 Å². The molecule has 2 fully saturated rings. The molecule has 0 amide bonds. The fourth-order valence-corrected chi connectivity index (χ4v) is 4.47. The molecule has 0 radical (unpaired) electrons. The molecular weight excluding hydrogens is 425 g/mol. The van der Waals surface area contributed by atoms with Gasteiger partial charge in [-0.2, -0.15) is 18.3 Å². The Balaban J connectivity index is 1.31. The summed E-state index contributed by atoms with van der Waals surface area (Å²) in [6.45, 7) is 5.91. The van der Waals surface area contributed by atoms with Crippen LogP contribution in [0.4, 0.5) is 24.8 Å². The summed E-state index contributed by atoms with van der Waals surface area (Å²) in [7, 11) is 0. The minimum Gasteiger partial charge on any atom is -0.355 e. The Labute approximate surface area is 181 Å². The summed E-state index contributed by atoms with van der Waals surface area (Å²) in [6, 6.07) is 1.59. The molecular formula is C20H21F3N8O. The number of alkyl halides is 3. The van der Waals surface area contributed by atoms with Crippen molar-refractivity contribution in [3.05, 3.63) is 30.0 Å². The van der Waals surface area contributed by atoms with Gasteiger partial charge in [0.1, 0.15) is 23.7 Å². The molecule has 2 aliphatic heterocycles. The van der Waals surface area contributed by atoms with E-state index in [1.165, 1.54) is 6.92 Å². The molecule has 5 heterocycles. The van der Waals surface area contributed by atoms with Crippen LogP contribution in [0.5, 0.6) is 0 Å². The molecule has 9 nitrogen and oxygen atoms in total. The van der Waals surface area contributed by atoms with Crippen molar-refractivity contribution in [2.45, 2.75) is 33.0 Å². The third kappa shape index (κ3) is 3.63. The molecule has 0 N–H and O–H groups in total. The average molecular weight is 446 g/mol. The van der Waals surface area contributed by atoms with Gasteiger partial charge in [-0.25, -0.2) is 24.6 Å². The van der Waals surface area contributed by atoms with Crippen molar-refractivity contribution in [2.75, 3.05) is 36.0 Å². The maximum atomic E-state index is 13.1. The number of nitrogens with zero attached hydrogens (tertiary/aromatic N) is 8. The van der Waals surface area contributed by atoms with E-state index >= 15 is 0 Å². The van der Waals surface area contributed by atoms with Gasteiger partial charge in [0.2, 0.25) is 5.82 Å². The third-order valence-electron chi connectivity index (χ3n) is 5.94. The topological polar surface area (TPSA) is 92.9 Å². The van der Waals surface area contributed by atoms with Crippen LogP contribution in [-0.4, -0.2) is 61.7 Å². The normalized spacial score (nSPS) is 17.9. The first-order valence-electron chi connectivity index (χ1n) is 10.2. The Bertz CT molecular complexity index is 1200. The fraction of sp³-hybridized carbons (Fsp3) is 0.500. The van der Waals surface area contributed by atoms with Crippen molar-refractivity contribution in [3.8, 4) is 0 Å². The lowest BCUT2D eigenvalue weighted by atomic mass is 9.79. The second kappa shape index (κ2) is 7.10. The number of anilines is 2. The van der Waals surface area contributed by atoms with Crippen LogP contribution in [0.2, 0.25) is 0 Å². The Morgan fingerprint density at radius 3 is 2.56 bits per heavy atom. The van der Waals surface area contributed by atoms with Gasteiger partial charge in [-0.05, 0) is 20.3 Å². The molecule has 3 aromatic heterocycles. The first-order valence-corrected chi connectivity index (χ1v) is 10.2. The standard InChI is InChI=1S/C20H21F3N8O/c1-12-5-15(28-18(26-12)20(21,22)23)30-10-19(11-30)3-4-29(9-19)16-7-24-14-6-25-31(8-13(2)32)17(14)27-16/h5-7H,3-4,8-11H2,1-2H3. The summed E-state index contributed by atoms with van der Waals surface area (Å²) in [5, 5.41) is 4.19. The fourth-order valence-electron chi connectivity index (χ4n) is 4.47. The van der Waals surface area contributed by atoms with Gasteiger partial charge in [0.05, 0.1) is 12.4 Å². The molecule has 168 valence electrons. The molecule has 0 bridgehead atoms. The molecule has 3 aromatic rings. The van der Waals surface area contributed by atoms with Gasteiger partial charge < -0.3 is 9.80 Å². The zero-order valence-corrected chi connectivity index (χ0v) is 17.6. The average Bonchev–Trinajstić information content (AvgIpc) is 3.30. The highest BCUT2D eigenvalue weighted by molar-refractivity contribution is 5.78. The third-order valence-corrected chi connectivity index (χ3v) is 5.94. The van der Waals surface area contributed by atoms with Crippen LogP contribution in [-0.2, 0) is 17.5 Å². The number of aryl methyl sites for hydroxylation is 1. The second-order valence-electron chi connectivity index (χ2n) is 8.66. The van der Waals surface area contributed by atoms with Gasteiger partial charge in [0, 0.05) is 43.4 Å². The van der Waals surface area contributed by atoms with E-state index in [-0.39, 0.29) is 17.7 Å². The summed E-state index contributed by atoms with van der Waals surface area (Å²) in [6.07, 6.45) is -0.393. The first-order chi connectivity index (χ1) is 15.1. The molecule has 0 saturated carbocycles. The predicted molar refractivity (Wildman–Crippen MR) is 109 cm³/mol. The molecule has 5 rings (SSSR count). The van der Waals surface area contributed by atoms with E-state index in [9.17, 15) is 18.0 Å². The molecule has 0 aliphatic carbocycles. The van der Waals surface area contributed by atoms with E-state index in [4.69, 9.17) is 0 Å². The predicted octanol–water partition coefficient (Wildman–Crippen LogP) is 2.25. The lowest BCUT2D eigenvalue weighted by molar-refractivity contribution is -0.145. The van der Waals surface area contributed by atoms with Gasteiger partial charge in [0.25, 0.3) is 0 Å². The number of hydrogen-bond acceptors (Lipinski definition) is 8. The maximum Gasteiger partial charge on any atom is 0.451 e. The Morgan fingerprint density at radius 2 is 1.84 bits per heavy atom. The summed E-state index contributed by atoms with van der Waals surface area (Å²) in [4.78, 5) is 31.8. The number of rotatable bonds is 4. The smallest absolute Gasteiger partial charge is 0.355 e. The van der Waals surface area contributed by atoms with Crippen LogP contribution < -0.4 is 9.80 Å². The quantitative estimate of drug-likeness (QED) is 0.603. The summed E-state index contributed by atoms with van der Waals surface area (Å²) < 4.78 is 40.7. The molecule has 2 saturated heterocycles. The highest BCUT2D eigenvalue weighted by Gasteiger charge is 2.49. The van der Waals surface area contributed by atoms with Crippen LogP contribution >= 0.6 is 0 Å². The molecule has 0 atom stereocenters. The summed E-state index contributed by atoms with van der Waals surface area (Å²) >= 11 is 0. The van der Waals surface area contributed by atoms with Crippen LogP contribution in [0, 0.1) is 12.3 Å². The van der Waals surface area contributed by atoms with Crippen molar-refractivity contribution >= 4 is 28.6 Å². The second-order valence-corrected chi connectivity index (χ2v) is 8.66. The highest BCUT2D eigenvalue weighted by atomic mass is 19.4. The number of fused-ring (bicyclic) bond motifs is 1. The Morgan fingerprint density at radius 1 is 1.09 bits per heavy atom. The summed E-state index contributed by atoms with van der Waals surface area (Å²) in [5.74, 6) is -0.114. The number of halogens is 3. The lowest BCUT2D eigenvalue weighted by Crippen LogP contribution is -2.58. The Hall–Kier alpha value is -3.31. The minimum absolute atomic E-state index is 0.0227. The monoisotopic (exact) mass is 446 g/mol. The number of Topliss-reactive ketones (excluding diaryl/α,β-unsaturated/α-hetero) is 1. The number of aromatic nitrogens is 6. The van der Waals surface area contributed by atoms with Crippen molar-refractivity contribution in [1.82, 2.24) is 29.7 Å². The minimum atomic E-state index is -4.57. The van der Waals surface area contributed by atoms with Crippen LogP contribution in [0.25, 0.3) is 11.2 Å². The SMILES string of the molecule is CC(=O)Cn1ncc2ncc(N3CCC4(CN(c5cc(C)nc(C(F)(F)F)n5)C4)C3)nc21. The molecule has 32 heavy (non-hydrogen) atoms. The van der Waals surface area contributed by atoms with Gasteiger partial charge in [0.15, 0.2) is 11.4 Å². The zero-order valence-electron chi connectivity index (χ0n) is 17.6. The van der Waals surface area contributed by atoms with Gasteiger partial charge >= 0.3 is 6.18 Å². The molecule has 12 heteroatoms. The van der Waals surface area contributed by atoms with Crippen molar-refractivity contribution in [1.29, 1.82) is 0 Å². The van der Waals surface area contributed by atoms with Crippen LogP contribution in [0.15, 0.2) is 18.5 Å². The summed E-state index contributed by atoms with van der Waals surface area (Å²) in [5.41, 5.74) is 1.44.